The number of aldehydes is 1. The molecule has 0 radical (unpaired) electrons. The molecule has 1 aliphatic rings. The number of rotatable bonds is 4. The number of carbonyl (C=O) groups excluding carboxylic acids is 1. The van der Waals surface area contributed by atoms with Crippen LogP contribution in [0.3, 0.4) is 0 Å². The maximum absolute atomic E-state index is 11.1. The van der Waals surface area contributed by atoms with Gasteiger partial charge in [-0.05, 0) is 25.0 Å². The molecule has 1 fully saturated rings. The van der Waals surface area contributed by atoms with Crippen molar-refractivity contribution in [2.45, 2.75) is 31.1 Å². The first-order valence-corrected chi connectivity index (χ1v) is 7.30. The summed E-state index contributed by atoms with van der Waals surface area (Å²) in [6, 6.07) is 5.29. The van der Waals surface area contributed by atoms with Crippen LogP contribution >= 0.6 is 23.2 Å². The summed E-state index contributed by atoms with van der Waals surface area (Å²) in [4.78, 5) is 15.0. The van der Waals surface area contributed by atoms with E-state index in [4.69, 9.17) is 27.9 Å². The van der Waals surface area contributed by atoms with Crippen LogP contribution in [-0.4, -0.2) is 27.2 Å². The molecule has 0 aliphatic carbocycles. The van der Waals surface area contributed by atoms with Crippen molar-refractivity contribution in [1.29, 1.82) is 0 Å². The highest BCUT2D eigenvalue weighted by atomic mass is 35.5. The van der Waals surface area contributed by atoms with Gasteiger partial charge in [-0.25, -0.2) is 9.67 Å². The number of benzene rings is 1. The van der Waals surface area contributed by atoms with Crippen molar-refractivity contribution >= 4 is 29.5 Å². The number of hydrogen-bond acceptors (Lipinski definition) is 4. The van der Waals surface area contributed by atoms with Crippen LogP contribution in [0.2, 0.25) is 10.0 Å². The molecule has 0 spiro atoms. The SMILES string of the molecule is O=C[C@H]1CC[C@](Cn2cncn2)(c2ccc(Cl)cc2Cl)O1. The number of aromatic nitrogens is 3. The van der Waals surface area contributed by atoms with E-state index in [-0.39, 0.29) is 0 Å². The van der Waals surface area contributed by atoms with Crippen LogP contribution in [-0.2, 0) is 21.7 Å². The largest absolute Gasteiger partial charge is 0.358 e. The van der Waals surface area contributed by atoms with Gasteiger partial charge in [0, 0.05) is 15.6 Å². The molecule has 1 saturated heterocycles. The average Bonchev–Trinajstić information content (AvgIpc) is 3.09. The molecule has 0 amide bonds. The standard InChI is InChI=1S/C14H13Cl2N3O2/c15-10-1-2-12(13(16)5-10)14(4-3-11(6-20)21-14)7-19-9-17-8-18-19/h1-2,5-6,8-9,11H,3-4,7H2/t11-,14+/m1/s1. The van der Waals surface area contributed by atoms with Crippen molar-refractivity contribution in [3.05, 3.63) is 46.5 Å². The first-order valence-electron chi connectivity index (χ1n) is 6.54. The van der Waals surface area contributed by atoms with Gasteiger partial charge < -0.3 is 9.53 Å². The van der Waals surface area contributed by atoms with E-state index >= 15 is 0 Å². The first kappa shape index (κ1) is 14.5. The van der Waals surface area contributed by atoms with Crippen molar-refractivity contribution in [3.8, 4) is 0 Å². The van der Waals surface area contributed by atoms with Crippen molar-refractivity contribution in [1.82, 2.24) is 14.8 Å². The van der Waals surface area contributed by atoms with Crippen LogP contribution < -0.4 is 0 Å². The van der Waals surface area contributed by atoms with Gasteiger partial charge in [-0.1, -0.05) is 29.3 Å². The molecular weight excluding hydrogens is 313 g/mol. The number of halogens is 2. The fraction of sp³-hybridized carbons (Fsp3) is 0.357. The fourth-order valence-corrected chi connectivity index (χ4v) is 3.29. The highest BCUT2D eigenvalue weighted by Gasteiger charge is 2.43. The van der Waals surface area contributed by atoms with E-state index in [0.717, 1.165) is 11.8 Å². The van der Waals surface area contributed by atoms with Crippen LogP contribution in [0.4, 0.5) is 0 Å². The Hall–Kier alpha value is -1.43. The monoisotopic (exact) mass is 325 g/mol. The molecule has 7 heteroatoms. The van der Waals surface area contributed by atoms with Crippen molar-refractivity contribution < 1.29 is 9.53 Å². The van der Waals surface area contributed by atoms with Gasteiger partial charge in [-0.2, -0.15) is 5.10 Å². The zero-order chi connectivity index (χ0) is 14.9. The van der Waals surface area contributed by atoms with Gasteiger partial charge in [0.15, 0.2) is 0 Å². The zero-order valence-electron chi connectivity index (χ0n) is 11.1. The Kier molecular flexibility index (Phi) is 3.97. The topological polar surface area (TPSA) is 57.0 Å². The molecular formula is C14H13Cl2N3O2. The van der Waals surface area contributed by atoms with E-state index in [1.54, 1.807) is 23.1 Å². The number of hydrogen-bond donors (Lipinski definition) is 0. The lowest BCUT2D eigenvalue weighted by atomic mass is 9.90. The molecule has 0 N–H and O–H groups in total. The van der Waals surface area contributed by atoms with E-state index in [1.807, 2.05) is 6.07 Å². The third-order valence-corrected chi connectivity index (χ3v) is 4.22. The van der Waals surface area contributed by atoms with Gasteiger partial charge in [-0.15, -0.1) is 0 Å². The summed E-state index contributed by atoms with van der Waals surface area (Å²) in [5.74, 6) is 0. The average molecular weight is 326 g/mol. The second-order valence-electron chi connectivity index (χ2n) is 5.04. The number of carbonyl (C=O) groups is 1. The molecule has 21 heavy (non-hydrogen) atoms. The summed E-state index contributed by atoms with van der Waals surface area (Å²) < 4.78 is 7.67. The van der Waals surface area contributed by atoms with Gasteiger partial charge in [0.25, 0.3) is 0 Å². The normalized spacial score (nSPS) is 25.1. The molecule has 1 aliphatic heterocycles. The van der Waals surface area contributed by atoms with Crippen LogP contribution in [0.5, 0.6) is 0 Å². The minimum absolute atomic E-state index is 0.430. The van der Waals surface area contributed by atoms with Gasteiger partial charge in [-0.3, -0.25) is 0 Å². The third-order valence-electron chi connectivity index (χ3n) is 3.67. The molecule has 0 unspecified atom stereocenters. The second kappa shape index (κ2) is 5.75. The lowest BCUT2D eigenvalue weighted by Crippen LogP contribution is -2.33. The van der Waals surface area contributed by atoms with Crippen LogP contribution in [0.1, 0.15) is 18.4 Å². The molecule has 5 nitrogen and oxygen atoms in total. The summed E-state index contributed by atoms with van der Waals surface area (Å²) in [6.45, 7) is 0.443. The molecule has 1 aromatic heterocycles. The van der Waals surface area contributed by atoms with Gasteiger partial charge in [0.2, 0.25) is 0 Å². The van der Waals surface area contributed by atoms with E-state index < -0.39 is 11.7 Å². The maximum atomic E-state index is 11.1. The number of nitrogens with zero attached hydrogens (tertiary/aromatic N) is 3. The molecule has 110 valence electrons. The van der Waals surface area contributed by atoms with Gasteiger partial charge in [0.1, 0.15) is 30.6 Å². The Morgan fingerprint density at radius 1 is 1.48 bits per heavy atom. The summed E-state index contributed by atoms with van der Waals surface area (Å²) in [6.07, 6.45) is 4.80. The fourth-order valence-electron chi connectivity index (χ4n) is 2.71. The quantitative estimate of drug-likeness (QED) is 0.811. The lowest BCUT2D eigenvalue weighted by molar-refractivity contribution is -0.124. The Morgan fingerprint density at radius 2 is 2.33 bits per heavy atom. The molecule has 3 rings (SSSR count). The Bertz CT molecular complexity index is 648. The van der Waals surface area contributed by atoms with Gasteiger partial charge >= 0.3 is 0 Å². The molecule has 1 aromatic carbocycles. The predicted octanol–water partition coefficient (Wildman–Crippen LogP) is 2.86. The summed E-state index contributed by atoms with van der Waals surface area (Å²) >= 11 is 12.3. The molecule has 2 heterocycles. The Balaban J connectivity index is 2.01. The lowest BCUT2D eigenvalue weighted by Gasteiger charge is -2.30. The van der Waals surface area contributed by atoms with E-state index in [2.05, 4.69) is 10.1 Å². The smallest absolute Gasteiger partial charge is 0.148 e. The van der Waals surface area contributed by atoms with Crippen molar-refractivity contribution in [3.63, 3.8) is 0 Å². The summed E-state index contributed by atoms with van der Waals surface area (Å²) in [7, 11) is 0. The second-order valence-corrected chi connectivity index (χ2v) is 5.89. The Morgan fingerprint density at radius 3 is 2.95 bits per heavy atom. The van der Waals surface area contributed by atoms with E-state index in [9.17, 15) is 4.79 Å². The van der Waals surface area contributed by atoms with Crippen LogP contribution in [0.15, 0.2) is 30.9 Å². The summed E-state index contributed by atoms with van der Waals surface area (Å²) in [5.41, 5.74) is 0.120. The zero-order valence-corrected chi connectivity index (χ0v) is 12.6. The molecule has 0 saturated carbocycles. The maximum Gasteiger partial charge on any atom is 0.148 e. The van der Waals surface area contributed by atoms with E-state index in [1.165, 1.54) is 6.33 Å². The minimum Gasteiger partial charge on any atom is -0.358 e. The van der Waals surface area contributed by atoms with Crippen molar-refractivity contribution in [2.75, 3.05) is 0 Å². The first-order chi connectivity index (χ1) is 10.1. The van der Waals surface area contributed by atoms with E-state index in [0.29, 0.717) is 29.4 Å². The van der Waals surface area contributed by atoms with Crippen LogP contribution in [0, 0.1) is 0 Å². The Labute approximate surface area is 131 Å². The molecule has 2 aromatic rings. The predicted molar refractivity (Wildman–Crippen MR) is 78.3 cm³/mol. The number of ether oxygens (including phenoxy) is 1. The minimum atomic E-state index is -0.694. The van der Waals surface area contributed by atoms with Crippen molar-refractivity contribution in [2.24, 2.45) is 0 Å². The van der Waals surface area contributed by atoms with Gasteiger partial charge in [0.05, 0.1) is 6.54 Å². The molecule has 2 atom stereocenters. The highest BCUT2D eigenvalue weighted by Crippen LogP contribution is 2.43. The molecule has 0 bridgehead atoms. The van der Waals surface area contributed by atoms with Crippen LogP contribution in [0.25, 0.3) is 0 Å². The summed E-state index contributed by atoms with van der Waals surface area (Å²) in [5, 5.41) is 5.20. The highest BCUT2D eigenvalue weighted by molar-refractivity contribution is 6.35. The third kappa shape index (κ3) is 2.81.